The molecule has 0 radical (unpaired) electrons. The van der Waals surface area contributed by atoms with Crippen LogP contribution in [0.3, 0.4) is 0 Å². The van der Waals surface area contributed by atoms with Gasteiger partial charge < -0.3 is 19.8 Å². The molecule has 3 aliphatic heterocycles. The van der Waals surface area contributed by atoms with Crippen LogP contribution >= 0.6 is 0 Å². The Kier molecular flexibility index (Phi) is 7.31. The van der Waals surface area contributed by atoms with Gasteiger partial charge >= 0.3 is 6.01 Å². The Morgan fingerprint density at radius 3 is 2.71 bits per heavy atom. The highest BCUT2D eigenvalue weighted by Gasteiger charge is 2.49. The molecular formula is C34H38F3N5O3. The van der Waals surface area contributed by atoms with E-state index in [1.165, 1.54) is 24.4 Å². The highest BCUT2D eigenvalue weighted by Crippen LogP contribution is 2.42. The molecule has 45 heavy (non-hydrogen) atoms. The number of nitrogens with zero attached hydrogens (tertiary/aromatic N) is 5. The number of hydrogen-bond acceptors (Lipinski definition) is 8. The monoisotopic (exact) mass is 621 g/mol. The lowest BCUT2D eigenvalue weighted by Gasteiger charge is -2.31. The van der Waals surface area contributed by atoms with Gasteiger partial charge in [-0.05, 0) is 80.6 Å². The highest BCUT2D eigenvalue weighted by molar-refractivity contribution is 6.01. The molecule has 0 saturated carbocycles. The number of aromatic nitrogens is 3. The average molecular weight is 622 g/mol. The number of anilines is 1. The van der Waals surface area contributed by atoms with Crippen LogP contribution in [0.5, 0.6) is 11.8 Å². The number of phenolic OH excluding ortho intramolecular Hbond substituents is 1. The number of benzene rings is 2. The van der Waals surface area contributed by atoms with Gasteiger partial charge in [0.15, 0.2) is 5.82 Å². The first-order chi connectivity index (χ1) is 21.5. The Hall–Kier alpha value is -3.70. The summed E-state index contributed by atoms with van der Waals surface area (Å²) in [4.78, 5) is 17.9. The minimum atomic E-state index is -0.925. The van der Waals surface area contributed by atoms with E-state index in [-0.39, 0.29) is 41.1 Å². The van der Waals surface area contributed by atoms with E-state index in [0.29, 0.717) is 60.0 Å². The van der Waals surface area contributed by atoms with Gasteiger partial charge in [-0.2, -0.15) is 9.97 Å². The highest BCUT2D eigenvalue weighted by atomic mass is 19.1. The van der Waals surface area contributed by atoms with Gasteiger partial charge in [0.1, 0.15) is 41.4 Å². The lowest BCUT2D eigenvalue weighted by molar-refractivity contribution is 0.0263. The van der Waals surface area contributed by atoms with Crippen molar-refractivity contribution in [1.82, 2.24) is 19.9 Å². The van der Waals surface area contributed by atoms with E-state index in [1.807, 2.05) is 11.8 Å². The molecule has 2 N–H and O–H groups in total. The van der Waals surface area contributed by atoms with Gasteiger partial charge in [0.05, 0.1) is 16.5 Å². The predicted octanol–water partition coefficient (Wildman–Crippen LogP) is 5.94. The van der Waals surface area contributed by atoms with Crippen LogP contribution in [0.25, 0.3) is 32.9 Å². The molecule has 8 nitrogen and oxygen atoms in total. The fourth-order valence-electron chi connectivity index (χ4n) is 7.72. The maximum atomic E-state index is 16.8. The van der Waals surface area contributed by atoms with Crippen LogP contribution in [0.4, 0.5) is 19.0 Å². The van der Waals surface area contributed by atoms with E-state index in [0.717, 1.165) is 25.8 Å². The van der Waals surface area contributed by atoms with E-state index >= 15 is 4.39 Å². The van der Waals surface area contributed by atoms with Gasteiger partial charge in [0.25, 0.3) is 0 Å². The Balaban J connectivity index is 1.37. The topological polar surface area (TPSA) is 94.8 Å². The normalized spacial score (nSPS) is 23.8. The van der Waals surface area contributed by atoms with E-state index in [9.17, 15) is 19.0 Å². The molecule has 1 unspecified atom stereocenters. The molecule has 0 spiro atoms. The Morgan fingerprint density at radius 2 is 1.96 bits per heavy atom. The molecule has 0 bridgehead atoms. The average Bonchev–Trinajstić information content (AvgIpc) is 3.71. The van der Waals surface area contributed by atoms with Gasteiger partial charge in [0.2, 0.25) is 0 Å². The minimum absolute atomic E-state index is 0.0202. The first-order valence-electron chi connectivity index (χ1n) is 15.8. The number of rotatable bonds is 7. The Morgan fingerprint density at radius 1 is 1.13 bits per heavy atom. The zero-order valence-electron chi connectivity index (χ0n) is 25.8. The maximum absolute atomic E-state index is 16.8. The summed E-state index contributed by atoms with van der Waals surface area (Å²) in [5.41, 5.74) is -0.797. The van der Waals surface area contributed by atoms with Gasteiger partial charge in [-0.3, -0.25) is 9.88 Å². The van der Waals surface area contributed by atoms with Crippen LogP contribution in [0.15, 0.2) is 30.5 Å². The summed E-state index contributed by atoms with van der Waals surface area (Å²) in [6.07, 6.45) is 3.78. The van der Waals surface area contributed by atoms with Crippen molar-refractivity contribution in [2.24, 2.45) is 5.92 Å². The number of aliphatic hydroxyl groups is 1. The first kappa shape index (κ1) is 30.0. The molecule has 0 aliphatic carbocycles. The summed E-state index contributed by atoms with van der Waals surface area (Å²) in [6, 6.07) is 5.79. The van der Waals surface area contributed by atoms with E-state index in [1.54, 1.807) is 19.9 Å². The molecule has 238 valence electrons. The van der Waals surface area contributed by atoms with Crippen molar-refractivity contribution >= 4 is 27.5 Å². The van der Waals surface area contributed by atoms with Gasteiger partial charge in [0, 0.05) is 43.7 Å². The fraction of sp³-hybridized carbons (Fsp3) is 0.500. The third-order valence-electron chi connectivity index (χ3n) is 10.1. The van der Waals surface area contributed by atoms with Crippen molar-refractivity contribution < 1.29 is 28.1 Å². The summed E-state index contributed by atoms with van der Waals surface area (Å²) >= 11 is 0. The summed E-state index contributed by atoms with van der Waals surface area (Å²) in [5.74, 6) is -0.857. The van der Waals surface area contributed by atoms with Crippen molar-refractivity contribution in [3.05, 3.63) is 47.7 Å². The largest absolute Gasteiger partial charge is 0.508 e. The van der Waals surface area contributed by atoms with Gasteiger partial charge in [-0.25, -0.2) is 13.2 Å². The second-order valence-corrected chi connectivity index (χ2v) is 13.4. The van der Waals surface area contributed by atoms with Crippen LogP contribution in [0.1, 0.15) is 52.0 Å². The second kappa shape index (κ2) is 11.0. The third-order valence-corrected chi connectivity index (χ3v) is 10.1. The van der Waals surface area contributed by atoms with Crippen molar-refractivity contribution in [3.63, 3.8) is 0 Å². The van der Waals surface area contributed by atoms with Crippen LogP contribution < -0.4 is 9.64 Å². The zero-order valence-corrected chi connectivity index (χ0v) is 25.8. The van der Waals surface area contributed by atoms with Gasteiger partial charge in [-0.15, -0.1) is 0 Å². The smallest absolute Gasteiger partial charge is 0.319 e. The van der Waals surface area contributed by atoms with E-state index in [4.69, 9.17) is 9.72 Å². The molecule has 3 atom stereocenters. The number of alkyl halides is 1. The van der Waals surface area contributed by atoms with Gasteiger partial charge in [-0.1, -0.05) is 13.0 Å². The maximum Gasteiger partial charge on any atom is 0.319 e. The summed E-state index contributed by atoms with van der Waals surface area (Å²) in [6.45, 7) is 7.82. The molecule has 3 aliphatic rings. The van der Waals surface area contributed by atoms with Crippen molar-refractivity contribution in [1.29, 1.82) is 0 Å². The number of aromatic hydroxyl groups is 1. The SMILES string of the molecule is CCc1c(F)ccc2cc(O)cc(-c3ncc4c(N5CCC(C(C)(C)O)C5)nc(OC[C@@]56CCCN5C[C@H](F)C6)nc4c3F)c12. The van der Waals surface area contributed by atoms with E-state index < -0.39 is 28.9 Å². The zero-order chi connectivity index (χ0) is 31.7. The van der Waals surface area contributed by atoms with Crippen LogP contribution in [0, 0.1) is 17.6 Å². The minimum Gasteiger partial charge on any atom is -0.508 e. The fourth-order valence-corrected chi connectivity index (χ4v) is 7.72. The van der Waals surface area contributed by atoms with Crippen LogP contribution in [0.2, 0.25) is 0 Å². The number of fused-ring (bicyclic) bond motifs is 3. The molecule has 2 aromatic heterocycles. The van der Waals surface area contributed by atoms with E-state index in [2.05, 4.69) is 14.9 Å². The quantitative estimate of drug-likeness (QED) is 0.262. The molecule has 7 rings (SSSR count). The molecule has 5 heterocycles. The first-order valence-corrected chi connectivity index (χ1v) is 15.8. The molecule has 11 heteroatoms. The van der Waals surface area contributed by atoms with Crippen molar-refractivity contribution in [2.45, 2.75) is 70.2 Å². The summed E-state index contributed by atoms with van der Waals surface area (Å²) < 4.78 is 52.4. The molecule has 0 amide bonds. The van der Waals surface area contributed by atoms with Crippen molar-refractivity contribution in [3.8, 4) is 23.0 Å². The number of ether oxygens (including phenoxy) is 1. The molecular weight excluding hydrogens is 583 g/mol. The Labute approximate surface area is 259 Å². The summed E-state index contributed by atoms with van der Waals surface area (Å²) in [5, 5.41) is 22.7. The number of hydrogen-bond donors (Lipinski definition) is 2. The number of phenols is 1. The summed E-state index contributed by atoms with van der Waals surface area (Å²) in [7, 11) is 0. The second-order valence-electron chi connectivity index (χ2n) is 13.4. The third kappa shape index (κ3) is 5.13. The molecule has 2 aromatic carbocycles. The molecule has 3 saturated heterocycles. The molecule has 3 fully saturated rings. The number of pyridine rings is 1. The molecule has 4 aromatic rings. The van der Waals surface area contributed by atoms with Crippen LogP contribution in [-0.4, -0.2) is 80.2 Å². The number of aryl methyl sites for hydroxylation is 1. The lowest BCUT2D eigenvalue weighted by Crippen LogP contribution is -2.43. The standard InChI is InChI=1S/C34H38F3N5O3/c1-4-23-26(36)7-6-19-12-22(43)13-24(27(19)23)29-28(37)30-25(15-38-29)31(41-11-8-20(16-41)33(2,3)44)40-32(39-30)45-18-34-9-5-10-42(34)17-21(35)14-34/h6-7,12-13,15,20-21,43-44H,4-5,8-11,14,16-18H2,1-3H3/t20?,21-,34+/m1/s1. The number of halogens is 3. The Bertz CT molecular complexity index is 1800. The van der Waals surface area contributed by atoms with Crippen molar-refractivity contribution in [2.75, 3.05) is 37.7 Å². The lowest BCUT2D eigenvalue weighted by atomic mass is 9.90. The predicted molar refractivity (Wildman–Crippen MR) is 166 cm³/mol. The van der Waals surface area contributed by atoms with Crippen LogP contribution in [-0.2, 0) is 6.42 Å².